The van der Waals surface area contributed by atoms with Crippen LogP contribution in [0.15, 0.2) is 17.1 Å². The quantitative estimate of drug-likeness (QED) is 0.333. The lowest BCUT2D eigenvalue weighted by Crippen LogP contribution is -2.46. The Hall–Kier alpha value is -1.42. The summed E-state index contributed by atoms with van der Waals surface area (Å²) < 4.78 is 22.3. The topological polar surface area (TPSA) is 73.3 Å². The van der Waals surface area contributed by atoms with Crippen molar-refractivity contribution in [2.75, 3.05) is 46.8 Å². The van der Waals surface area contributed by atoms with Crippen LogP contribution in [-0.4, -0.2) is 53.6 Å². The molecule has 1 aromatic rings. The van der Waals surface area contributed by atoms with Gasteiger partial charge in [-0.3, -0.25) is 4.99 Å². The Balaban J connectivity index is 0.00000420. The molecule has 0 aliphatic carbocycles. The Bertz CT molecular complexity index is 651. The molecule has 1 saturated heterocycles. The molecular formula is C21H36IN3O4. The van der Waals surface area contributed by atoms with Gasteiger partial charge in [0.05, 0.1) is 27.4 Å². The lowest BCUT2D eigenvalue weighted by molar-refractivity contribution is -0.0835. The van der Waals surface area contributed by atoms with Crippen molar-refractivity contribution in [2.45, 2.75) is 39.7 Å². The molecule has 1 heterocycles. The molecule has 166 valence electrons. The van der Waals surface area contributed by atoms with E-state index >= 15 is 0 Å². The number of halogens is 1. The number of methoxy groups -OCH3 is 3. The number of anilines is 1. The Morgan fingerprint density at radius 3 is 2.24 bits per heavy atom. The van der Waals surface area contributed by atoms with Crippen molar-refractivity contribution >= 4 is 35.6 Å². The third kappa shape index (κ3) is 6.80. The molecule has 0 saturated carbocycles. The Labute approximate surface area is 191 Å². The largest absolute Gasteiger partial charge is 0.493 e. The minimum absolute atomic E-state index is 0. The van der Waals surface area contributed by atoms with Gasteiger partial charge in [0.25, 0.3) is 0 Å². The van der Waals surface area contributed by atoms with E-state index in [1.54, 1.807) is 28.4 Å². The van der Waals surface area contributed by atoms with Crippen LogP contribution in [0.2, 0.25) is 0 Å². The maximum atomic E-state index is 6.08. The van der Waals surface area contributed by atoms with E-state index in [-0.39, 0.29) is 35.5 Å². The fraction of sp³-hybridized carbons (Fsp3) is 0.667. The predicted octanol–water partition coefficient (Wildman–Crippen LogP) is 4.16. The minimum Gasteiger partial charge on any atom is -0.493 e. The van der Waals surface area contributed by atoms with E-state index < -0.39 is 0 Å². The molecular weight excluding hydrogens is 485 g/mol. The summed E-state index contributed by atoms with van der Waals surface area (Å²) in [6.07, 6.45) is 2.47. The number of nitrogens with zero attached hydrogens (tertiary/aromatic N) is 1. The van der Waals surface area contributed by atoms with Gasteiger partial charge in [-0.15, -0.1) is 24.0 Å². The molecule has 0 aromatic heterocycles. The third-order valence-electron chi connectivity index (χ3n) is 4.98. The first-order valence-electron chi connectivity index (χ1n) is 9.73. The van der Waals surface area contributed by atoms with E-state index in [9.17, 15) is 0 Å². The van der Waals surface area contributed by atoms with Crippen molar-refractivity contribution in [1.82, 2.24) is 5.32 Å². The summed E-state index contributed by atoms with van der Waals surface area (Å²) in [5.41, 5.74) is 0.912. The molecule has 2 unspecified atom stereocenters. The molecule has 0 radical (unpaired) electrons. The van der Waals surface area contributed by atoms with Crippen molar-refractivity contribution in [3.63, 3.8) is 0 Å². The van der Waals surface area contributed by atoms with Crippen LogP contribution >= 0.6 is 24.0 Å². The fourth-order valence-electron chi connectivity index (χ4n) is 3.71. The Morgan fingerprint density at radius 2 is 1.76 bits per heavy atom. The van der Waals surface area contributed by atoms with Crippen molar-refractivity contribution in [3.8, 4) is 17.2 Å². The van der Waals surface area contributed by atoms with Crippen molar-refractivity contribution in [3.05, 3.63) is 12.1 Å². The van der Waals surface area contributed by atoms with Gasteiger partial charge in [0.15, 0.2) is 17.5 Å². The summed E-state index contributed by atoms with van der Waals surface area (Å²) in [6.45, 7) is 8.35. The second kappa shape index (κ2) is 11.7. The molecule has 1 fully saturated rings. The van der Waals surface area contributed by atoms with Crippen LogP contribution in [0.1, 0.15) is 33.6 Å². The van der Waals surface area contributed by atoms with Gasteiger partial charge in [-0.05, 0) is 18.3 Å². The van der Waals surface area contributed by atoms with Gasteiger partial charge in [-0.2, -0.15) is 0 Å². The van der Waals surface area contributed by atoms with E-state index in [0.717, 1.165) is 31.7 Å². The summed E-state index contributed by atoms with van der Waals surface area (Å²) in [4.78, 5) is 4.35. The van der Waals surface area contributed by atoms with Crippen LogP contribution in [0.25, 0.3) is 0 Å². The molecule has 29 heavy (non-hydrogen) atoms. The van der Waals surface area contributed by atoms with Gasteiger partial charge >= 0.3 is 0 Å². The average Bonchev–Trinajstić information content (AvgIpc) is 2.69. The van der Waals surface area contributed by atoms with Gasteiger partial charge < -0.3 is 29.6 Å². The van der Waals surface area contributed by atoms with E-state index in [1.807, 2.05) is 12.1 Å². The second-order valence-corrected chi connectivity index (χ2v) is 8.05. The molecule has 2 rings (SSSR count). The molecule has 1 aromatic carbocycles. The maximum Gasteiger partial charge on any atom is 0.203 e. The number of benzene rings is 1. The van der Waals surface area contributed by atoms with E-state index in [1.165, 1.54) is 0 Å². The third-order valence-corrected chi connectivity index (χ3v) is 4.98. The molecule has 1 aliphatic rings. The van der Waals surface area contributed by atoms with Crippen LogP contribution in [0, 0.1) is 11.3 Å². The lowest BCUT2D eigenvalue weighted by Gasteiger charge is -2.40. The average molecular weight is 521 g/mol. The number of guanidine groups is 1. The van der Waals surface area contributed by atoms with Gasteiger partial charge in [0, 0.05) is 43.9 Å². The zero-order valence-electron chi connectivity index (χ0n) is 18.6. The van der Waals surface area contributed by atoms with E-state index in [4.69, 9.17) is 18.9 Å². The minimum atomic E-state index is 0. The van der Waals surface area contributed by atoms with Crippen LogP contribution in [-0.2, 0) is 4.74 Å². The molecule has 0 amide bonds. The van der Waals surface area contributed by atoms with Crippen LogP contribution in [0.5, 0.6) is 17.2 Å². The van der Waals surface area contributed by atoms with Crippen LogP contribution in [0.4, 0.5) is 5.69 Å². The smallest absolute Gasteiger partial charge is 0.203 e. The lowest BCUT2D eigenvalue weighted by atomic mass is 9.78. The summed E-state index contributed by atoms with van der Waals surface area (Å²) in [6, 6.07) is 3.71. The van der Waals surface area contributed by atoms with Gasteiger partial charge in [0.2, 0.25) is 5.75 Å². The summed E-state index contributed by atoms with van der Waals surface area (Å²) >= 11 is 0. The Kier molecular flexibility index (Phi) is 10.3. The molecule has 0 spiro atoms. The first kappa shape index (κ1) is 25.6. The summed E-state index contributed by atoms with van der Waals surface area (Å²) in [7, 11) is 6.55. The number of nitrogens with one attached hydrogen (secondary N) is 2. The van der Waals surface area contributed by atoms with E-state index in [2.05, 4.69) is 36.4 Å². The SMILES string of the molecule is CN=C(NCC1CCCOC1C(C)(C)C)Nc1cc(OC)c(OC)c(OC)c1.I. The highest BCUT2D eigenvalue weighted by Gasteiger charge is 2.35. The second-order valence-electron chi connectivity index (χ2n) is 8.05. The van der Waals surface area contributed by atoms with Crippen molar-refractivity contribution in [1.29, 1.82) is 0 Å². The van der Waals surface area contributed by atoms with Crippen LogP contribution < -0.4 is 24.8 Å². The first-order chi connectivity index (χ1) is 13.3. The van der Waals surface area contributed by atoms with Crippen molar-refractivity contribution < 1.29 is 18.9 Å². The number of hydrogen-bond donors (Lipinski definition) is 2. The zero-order chi connectivity index (χ0) is 20.7. The molecule has 7 nitrogen and oxygen atoms in total. The number of aliphatic imine (C=N–C) groups is 1. The van der Waals surface area contributed by atoms with Gasteiger partial charge in [-0.25, -0.2) is 0 Å². The highest BCUT2D eigenvalue weighted by atomic mass is 127. The standard InChI is InChI=1S/C21H35N3O4.HI/c1-21(2,3)19-14(9-8-10-28-19)13-23-20(22-4)24-15-11-16(25-5)18(27-7)17(12-15)26-6;/h11-12,14,19H,8-10,13H2,1-7H3,(H2,22,23,24);1H. The maximum absolute atomic E-state index is 6.08. The number of ether oxygens (including phenoxy) is 4. The molecule has 8 heteroatoms. The predicted molar refractivity (Wildman–Crippen MR) is 128 cm³/mol. The fourth-order valence-corrected chi connectivity index (χ4v) is 3.71. The molecule has 2 N–H and O–H groups in total. The molecule has 2 atom stereocenters. The van der Waals surface area contributed by atoms with Gasteiger partial charge in [-0.1, -0.05) is 20.8 Å². The Morgan fingerprint density at radius 1 is 1.14 bits per heavy atom. The molecule has 1 aliphatic heterocycles. The summed E-state index contributed by atoms with van der Waals surface area (Å²) in [5.74, 6) is 2.87. The zero-order valence-corrected chi connectivity index (χ0v) is 21.0. The highest BCUT2D eigenvalue weighted by Crippen LogP contribution is 2.40. The first-order valence-corrected chi connectivity index (χ1v) is 9.73. The van der Waals surface area contributed by atoms with Crippen LogP contribution in [0.3, 0.4) is 0 Å². The van der Waals surface area contributed by atoms with E-state index in [0.29, 0.717) is 29.1 Å². The van der Waals surface area contributed by atoms with Gasteiger partial charge in [0.1, 0.15) is 0 Å². The number of rotatable bonds is 6. The normalized spacial score (nSPS) is 19.8. The molecule has 0 bridgehead atoms. The van der Waals surface area contributed by atoms with Crippen molar-refractivity contribution in [2.24, 2.45) is 16.3 Å². The highest BCUT2D eigenvalue weighted by molar-refractivity contribution is 14.0. The number of hydrogen-bond acceptors (Lipinski definition) is 5. The monoisotopic (exact) mass is 521 g/mol. The summed E-state index contributed by atoms with van der Waals surface area (Å²) in [5, 5.41) is 6.74.